The Balaban J connectivity index is 1.39. The molecule has 1 aromatic carbocycles. The van der Waals surface area contributed by atoms with Crippen LogP contribution in [0.4, 0.5) is 8.78 Å². The number of likely N-dealkylation sites (tertiary alicyclic amines) is 1. The number of aromatic nitrogens is 1. The van der Waals surface area contributed by atoms with Gasteiger partial charge in [0.25, 0.3) is 5.91 Å². The maximum absolute atomic E-state index is 15.7. The number of halogens is 2. The standard InChI is InChI=1S/C26H28F2N4O4/c1-26(2,36)15-8-10-31(12-15)11-14-7-9-29-23(21(14)27)17-4-3-16-18(22(17)28)13-32(25(16)35)19-5-6-20(33)30-24(19)34/h3-4,7,9,15,19,36H,5-6,8,10-13H2,1-2H3,(H,30,33,34)/t15-,19?/m0/s1. The fourth-order valence-corrected chi connectivity index (χ4v) is 5.37. The lowest BCUT2D eigenvalue weighted by atomic mass is 9.90. The third kappa shape index (κ3) is 4.28. The van der Waals surface area contributed by atoms with E-state index in [0.29, 0.717) is 18.7 Å². The lowest BCUT2D eigenvalue weighted by molar-refractivity contribution is -0.136. The second kappa shape index (κ2) is 9.01. The highest BCUT2D eigenvalue weighted by Gasteiger charge is 2.41. The molecule has 36 heavy (non-hydrogen) atoms. The Kier molecular flexibility index (Phi) is 6.12. The van der Waals surface area contributed by atoms with Crippen LogP contribution in [0.1, 0.15) is 54.6 Å². The normalized spacial score (nSPS) is 22.8. The molecule has 3 aliphatic rings. The van der Waals surface area contributed by atoms with E-state index < -0.39 is 41.0 Å². The van der Waals surface area contributed by atoms with Crippen LogP contribution in [0.15, 0.2) is 24.4 Å². The van der Waals surface area contributed by atoms with E-state index >= 15 is 8.78 Å². The molecule has 1 aromatic heterocycles. The number of piperidine rings is 1. The summed E-state index contributed by atoms with van der Waals surface area (Å²) in [7, 11) is 0. The Morgan fingerprint density at radius 1 is 1.11 bits per heavy atom. The van der Waals surface area contributed by atoms with Gasteiger partial charge in [-0.15, -0.1) is 0 Å². The molecule has 0 saturated carbocycles. The number of nitrogens with zero attached hydrogens (tertiary/aromatic N) is 3. The van der Waals surface area contributed by atoms with Gasteiger partial charge in [0, 0.05) is 53.9 Å². The molecule has 2 saturated heterocycles. The molecule has 0 radical (unpaired) electrons. The first-order valence-electron chi connectivity index (χ1n) is 12.1. The van der Waals surface area contributed by atoms with E-state index in [9.17, 15) is 19.5 Å². The molecule has 2 fully saturated rings. The van der Waals surface area contributed by atoms with Gasteiger partial charge in [-0.1, -0.05) is 0 Å². The van der Waals surface area contributed by atoms with E-state index in [-0.39, 0.29) is 47.7 Å². The van der Waals surface area contributed by atoms with Gasteiger partial charge in [0.1, 0.15) is 17.6 Å². The minimum atomic E-state index is -0.864. The topological polar surface area (TPSA) is 103 Å². The number of hydrogen-bond acceptors (Lipinski definition) is 6. The average Bonchev–Trinajstić information content (AvgIpc) is 3.42. The smallest absolute Gasteiger partial charge is 0.255 e. The van der Waals surface area contributed by atoms with Crippen molar-refractivity contribution in [1.82, 2.24) is 20.1 Å². The van der Waals surface area contributed by atoms with Gasteiger partial charge in [-0.25, -0.2) is 8.78 Å². The minimum absolute atomic E-state index is 0.0539. The van der Waals surface area contributed by atoms with Crippen LogP contribution in [0.2, 0.25) is 0 Å². The zero-order valence-corrected chi connectivity index (χ0v) is 20.2. The van der Waals surface area contributed by atoms with Crippen molar-refractivity contribution >= 4 is 17.7 Å². The van der Waals surface area contributed by atoms with Crippen LogP contribution in [0.3, 0.4) is 0 Å². The van der Waals surface area contributed by atoms with Gasteiger partial charge in [0.15, 0.2) is 5.82 Å². The van der Waals surface area contributed by atoms with Crippen molar-refractivity contribution in [3.63, 3.8) is 0 Å². The molecule has 0 bridgehead atoms. The summed E-state index contributed by atoms with van der Waals surface area (Å²) in [5.41, 5.74) is -0.436. The maximum Gasteiger partial charge on any atom is 0.255 e. The van der Waals surface area contributed by atoms with Crippen LogP contribution < -0.4 is 5.32 Å². The van der Waals surface area contributed by atoms with Crippen LogP contribution in [0.5, 0.6) is 0 Å². The van der Waals surface area contributed by atoms with Crippen LogP contribution >= 0.6 is 0 Å². The average molecular weight is 499 g/mol. The van der Waals surface area contributed by atoms with E-state index in [1.54, 1.807) is 19.9 Å². The number of aliphatic hydroxyl groups is 1. The van der Waals surface area contributed by atoms with E-state index in [1.807, 2.05) is 0 Å². The highest BCUT2D eigenvalue weighted by Crippen LogP contribution is 2.35. The largest absolute Gasteiger partial charge is 0.390 e. The maximum atomic E-state index is 15.7. The van der Waals surface area contributed by atoms with Gasteiger partial charge in [0.2, 0.25) is 11.8 Å². The van der Waals surface area contributed by atoms with E-state index in [2.05, 4.69) is 15.2 Å². The number of nitrogens with one attached hydrogen (secondary N) is 1. The van der Waals surface area contributed by atoms with Crippen molar-refractivity contribution in [3.05, 3.63) is 52.7 Å². The van der Waals surface area contributed by atoms with Crippen LogP contribution in [0, 0.1) is 17.6 Å². The second-order valence-electron chi connectivity index (χ2n) is 10.4. The fraction of sp³-hybridized carbons (Fsp3) is 0.462. The van der Waals surface area contributed by atoms with E-state index in [0.717, 1.165) is 13.0 Å². The Bertz CT molecular complexity index is 1260. The second-order valence-corrected chi connectivity index (χ2v) is 10.4. The molecular formula is C26H28F2N4O4. The van der Waals surface area contributed by atoms with Crippen molar-refractivity contribution in [2.24, 2.45) is 5.92 Å². The van der Waals surface area contributed by atoms with Gasteiger partial charge in [-0.2, -0.15) is 0 Å². The number of carbonyl (C=O) groups is 3. The van der Waals surface area contributed by atoms with Gasteiger partial charge >= 0.3 is 0 Å². The SMILES string of the molecule is CC(C)(O)[C@H]1CCN(Cc2ccnc(-c3ccc4c(c3F)CN(C3CCC(=O)NC3=O)C4=O)c2F)C1. The summed E-state index contributed by atoms with van der Waals surface area (Å²) in [5, 5.41) is 12.5. The summed E-state index contributed by atoms with van der Waals surface area (Å²) in [6.45, 7) is 5.06. The number of amides is 3. The van der Waals surface area contributed by atoms with Gasteiger partial charge < -0.3 is 10.0 Å². The molecule has 1 unspecified atom stereocenters. The number of imide groups is 1. The van der Waals surface area contributed by atoms with E-state index in [4.69, 9.17) is 0 Å². The molecule has 10 heteroatoms. The van der Waals surface area contributed by atoms with Crippen molar-refractivity contribution in [2.75, 3.05) is 13.1 Å². The minimum Gasteiger partial charge on any atom is -0.390 e. The Labute approximate surface area is 207 Å². The van der Waals surface area contributed by atoms with Crippen molar-refractivity contribution in [3.8, 4) is 11.3 Å². The molecule has 3 amide bonds. The number of pyridine rings is 1. The molecule has 4 heterocycles. The van der Waals surface area contributed by atoms with Crippen LogP contribution in [-0.2, 0) is 22.7 Å². The monoisotopic (exact) mass is 498 g/mol. The summed E-state index contributed by atoms with van der Waals surface area (Å²) >= 11 is 0. The number of rotatable bonds is 5. The Morgan fingerprint density at radius 3 is 2.56 bits per heavy atom. The molecule has 0 spiro atoms. The van der Waals surface area contributed by atoms with E-state index in [1.165, 1.54) is 23.2 Å². The molecule has 8 nitrogen and oxygen atoms in total. The molecule has 2 atom stereocenters. The Morgan fingerprint density at radius 2 is 1.86 bits per heavy atom. The predicted octanol–water partition coefficient (Wildman–Crippen LogP) is 2.38. The quantitative estimate of drug-likeness (QED) is 0.614. The van der Waals surface area contributed by atoms with Gasteiger partial charge in [-0.05, 0) is 51.4 Å². The van der Waals surface area contributed by atoms with Gasteiger partial charge in [-0.3, -0.25) is 29.6 Å². The van der Waals surface area contributed by atoms with Crippen LogP contribution in [0.25, 0.3) is 11.3 Å². The number of hydrogen-bond donors (Lipinski definition) is 2. The molecule has 5 rings (SSSR count). The summed E-state index contributed by atoms with van der Waals surface area (Å²) < 4.78 is 31.2. The zero-order chi connectivity index (χ0) is 25.8. The first-order chi connectivity index (χ1) is 17.0. The molecule has 190 valence electrons. The number of carbonyl (C=O) groups excluding carboxylic acids is 3. The molecule has 2 N–H and O–H groups in total. The van der Waals surface area contributed by atoms with Crippen molar-refractivity contribution < 1.29 is 28.3 Å². The highest BCUT2D eigenvalue weighted by molar-refractivity contribution is 6.05. The number of fused-ring (bicyclic) bond motifs is 1. The lowest BCUT2D eigenvalue weighted by Crippen LogP contribution is -2.52. The summed E-state index contributed by atoms with van der Waals surface area (Å²) in [4.78, 5) is 44.1. The summed E-state index contributed by atoms with van der Waals surface area (Å²) in [6.07, 6.45) is 2.51. The Hall–Kier alpha value is -3.24. The molecule has 0 aliphatic carbocycles. The highest BCUT2D eigenvalue weighted by atomic mass is 19.1. The molecule has 3 aliphatic heterocycles. The van der Waals surface area contributed by atoms with Gasteiger partial charge in [0.05, 0.1) is 12.1 Å². The summed E-state index contributed by atoms with van der Waals surface area (Å²) in [6, 6.07) is 3.48. The lowest BCUT2D eigenvalue weighted by Gasteiger charge is -2.29. The third-order valence-corrected chi connectivity index (χ3v) is 7.54. The fourth-order valence-electron chi connectivity index (χ4n) is 5.37. The third-order valence-electron chi connectivity index (χ3n) is 7.54. The molecule has 2 aromatic rings. The first-order valence-corrected chi connectivity index (χ1v) is 12.1. The van der Waals surface area contributed by atoms with Crippen LogP contribution in [-0.4, -0.2) is 62.3 Å². The predicted molar refractivity (Wildman–Crippen MR) is 125 cm³/mol. The summed E-state index contributed by atoms with van der Waals surface area (Å²) in [5.74, 6) is -2.78. The zero-order valence-electron chi connectivity index (χ0n) is 20.2. The number of benzene rings is 1. The first kappa shape index (κ1) is 24.5. The van der Waals surface area contributed by atoms with Crippen molar-refractivity contribution in [2.45, 2.75) is 57.8 Å². The molecular weight excluding hydrogens is 470 g/mol. The van der Waals surface area contributed by atoms with Crippen molar-refractivity contribution in [1.29, 1.82) is 0 Å².